The van der Waals surface area contributed by atoms with Crippen LogP contribution in [-0.2, 0) is 19.3 Å². The molecule has 0 radical (unpaired) electrons. The minimum absolute atomic E-state index is 0.758. The van der Waals surface area contributed by atoms with Crippen molar-refractivity contribution >= 4 is 43.2 Å². The SMILES string of the molecule is CCCCc1cc(Cc2cc(CCCC)c(C)c(Br)c2N)c(N)c(Br)c1C. The van der Waals surface area contributed by atoms with Crippen molar-refractivity contribution in [3.63, 3.8) is 0 Å². The van der Waals surface area contributed by atoms with Crippen molar-refractivity contribution in [1.29, 1.82) is 0 Å². The van der Waals surface area contributed by atoms with Gasteiger partial charge in [-0.1, -0.05) is 38.8 Å². The highest BCUT2D eigenvalue weighted by molar-refractivity contribution is 9.11. The van der Waals surface area contributed by atoms with Crippen LogP contribution in [0.1, 0.15) is 72.9 Å². The van der Waals surface area contributed by atoms with Crippen LogP contribution in [0.4, 0.5) is 11.4 Å². The van der Waals surface area contributed by atoms with Crippen molar-refractivity contribution in [2.45, 2.75) is 72.6 Å². The molecule has 0 atom stereocenters. The average Bonchev–Trinajstić information content (AvgIpc) is 2.66. The first-order valence-corrected chi connectivity index (χ1v) is 11.5. The zero-order valence-corrected chi connectivity index (χ0v) is 20.2. The Labute approximate surface area is 181 Å². The van der Waals surface area contributed by atoms with Gasteiger partial charge in [0.15, 0.2) is 0 Å². The van der Waals surface area contributed by atoms with E-state index >= 15 is 0 Å². The molecule has 4 N–H and O–H groups in total. The minimum Gasteiger partial charge on any atom is -0.398 e. The molecule has 0 bridgehead atoms. The second-order valence-corrected chi connectivity index (χ2v) is 9.06. The summed E-state index contributed by atoms with van der Waals surface area (Å²) >= 11 is 7.43. The van der Waals surface area contributed by atoms with Gasteiger partial charge in [-0.15, -0.1) is 0 Å². The molecule has 0 unspecified atom stereocenters. The molecule has 148 valence electrons. The second-order valence-electron chi connectivity index (χ2n) is 7.48. The maximum absolute atomic E-state index is 6.47. The normalized spacial score (nSPS) is 11.2. The van der Waals surface area contributed by atoms with E-state index in [1.54, 1.807) is 0 Å². The number of aryl methyl sites for hydroxylation is 2. The van der Waals surface area contributed by atoms with Crippen LogP contribution in [0, 0.1) is 13.8 Å². The smallest absolute Gasteiger partial charge is 0.0497 e. The van der Waals surface area contributed by atoms with Crippen LogP contribution in [0.2, 0.25) is 0 Å². The molecule has 0 saturated heterocycles. The van der Waals surface area contributed by atoms with Crippen LogP contribution in [0.5, 0.6) is 0 Å². The first kappa shape index (κ1) is 22.3. The third-order valence-corrected chi connectivity index (χ3v) is 7.51. The van der Waals surface area contributed by atoms with Gasteiger partial charge in [0.25, 0.3) is 0 Å². The Morgan fingerprint density at radius 2 is 1.07 bits per heavy atom. The lowest BCUT2D eigenvalue weighted by Crippen LogP contribution is -2.06. The zero-order chi connectivity index (χ0) is 20.1. The number of nitrogens with two attached hydrogens (primary N) is 2. The summed E-state index contributed by atoms with van der Waals surface area (Å²) in [5.41, 5.74) is 22.2. The van der Waals surface area contributed by atoms with Crippen LogP contribution in [0.3, 0.4) is 0 Å². The number of unbranched alkanes of at least 4 members (excludes halogenated alkanes) is 2. The lowest BCUT2D eigenvalue weighted by molar-refractivity contribution is 0.788. The molecular weight excluding hydrogens is 464 g/mol. The molecule has 0 spiro atoms. The van der Waals surface area contributed by atoms with Gasteiger partial charge in [-0.3, -0.25) is 0 Å². The number of nitrogen functional groups attached to an aromatic ring is 2. The van der Waals surface area contributed by atoms with E-state index in [0.29, 0.717) is 0 Å². The maximum atomic E-state index is 6.47. The van der Waals surface area contributed by atoms with Gasteiger partial charge in [0, 0.05) is 26.7 Å². The summed E-state index contributed by atoms with van der Waals surface area (Å²) in [4.78, 5) is 0. The van der Waals surface area contributed by atoms with E-state index in [-0.39, 0.29) is 0 Å². The highest BCUT2D eigenvalue weighted by Gasteiger charge is 2.16. The fraction of sp³-hybridized carbons (Fsp3) is 0.478. The molecule has 2 nitrogen and oxygen atoms in total. The third kappa shape index (κ3) is 5.08. The number of anilines is 2. The summed E-state index contributed by atoms with van der Waals surface area (Å²) in [6.07, 6.45) is 7.69. The highest BCUT2D eigenvalue weighted by Crippen LogP contribution is 2.36. The molecule has 27 heavy (non-hydrogen) atoms. The van der Waals surface area contributed by atoms with E-state index in [4.69, 9.17) is 11.5 Å². The molecule has 2 aromatic carbocycles. The molecule has 0 aliphatic carbocycles. The summed E-state index contributed by atoms with van der Waals surface area (Å²) in [6, 6.07) is 4.56. The van der Waals surface area contributed by atoms with Gasteiger partial charge in [-0.25, -0.2) is 0 Å². The molecule has 0 fully saturated rings. The predicted octanol–water partition coefficient (Wildman–Crippen LogP) is 7.27. The van der Waals surface area contributed by atoms with Crippen LogP contribution in [0.25, 0.3) is 0 Å². The van der Waals surface area contributed by atoms with E-state index < -0.39 is 0 Å². The van der Waals surface area contributed by atoms with Crippen molar-refractivity contribution in [2.24, 2.45) is 0 Å². The van der Waals surface area contributed by atoms with E-state index in [9.17, 15) is 0 Å². The Morgan fingerprint density at radius 1 is 0.704 bits per heavy atom. The Kier molecular flexibility index (Phi) is 8.23. The second kappa shape index (κ2) is 9.97. The van der Waals surface area contributed by atoms with Crippen LogP contribution in [-0.4, -0.2) is 0 Å². The summed E-state index contributed by atoms with van der Waals surface area (Å²) < 4.78 is 2.06. The first-order chi connectivity index (χ1) is 12.8. The summed E-state index contributed by atoms with van der Waals surface area (Å²) in [6.45, 7) is 8.75. The molecule has 0 amide bonds. The number of rotatable bonds is 8. The van der Waals surface area contributed by atoms with Crippen LogP contribution in [0.15, 0.2) is 21.1 Å². The van der Waals surface area contributed by atoms with Crippen LogP contribution >= 0.6 is 31.9 Å². The van der Waals surface area contributed by atoms with Gasteiger partial charge >= 0.3 is 0 Å². The third-order valence-electron chi connectivity index (χ3n) is 5.46. The van der Waals surface area contributed by atoms with Gasteiger partial charge in [0.1, 0.15) is 0 Å². The quantitative estimate of drug-likeness (QED) is 0.378. The van der Waals surface area contributed by atoms with Crippen molar-refractivity contribution in [3.05, 3.63) is 54.5 Å². The van der Waals surface area contributed by atoms with Crippen molar-refractivity contribution in [2.75, 3.05) is 11.5 Å². The van der Waals surface area contributed by atoms with Crippen molar-refractivity contribution in [3.8, 4) is 0 Å². The van der Waals surface area contributed by atoms with Crippen molar-refractivity contribution in [1.82, 2.24) is 0 Å². The highest BCUT2D eigenvalue weighted by atomic mass is 79.9. The molecule has 0 saturated carbocycles. The number of hydrogen-bond acceptors (Lipinski definition) is 2. The van der Waals surface area contributed by atoms with Gasteiger partial charge in [-0.05, 0) is 105 Å². The Bertz CT molecular complexity index is 746. The van der Waals surface area contributed by atoms with E-state index in [2.05, 4.69) is 71.7 Å². The fourth-order valence-corrected chi connectivity index (χ4v) is 4.53. The lowest BCUT2D eigenvalue weighted by Gasteiger charge is -2.18. The topological polar surface area (TPSA) is 52.0 Å². The molecule has 0 heterocycles. The standard InChI is InChI=1S/C23H32Br2N2/c1-5-7-9-16-11-18(22(26)20(24)14(16)3)13-19-12-17(10-8-6-2)15(4)21(25)23(19)27/h11-12H,5-10,13,26-27H2,1-4H3. The Morgan fingerprint density at radius 3 is 1.41 bits per heavy atom. The Balaban J connectivity index is 2.47. The van der Waals surface area contributed by atoms with Gasteiger partial charge < -0.3 is 11.5 Å². The molecule has 4 heteroatoms. The summed E-state index contributed by atoms with van der Waals surface area (Å²) in [5, 5.41) is 0. The van der Waals surface area contributed by atoms with Gasteiger partial charge in [0.05, 0.1) is 0 Å². The maximum Gasteiger partial charge on any atom is 0.0497 e. The molecule has 0 aliphatic heterocycles. The average molecular weight is 496 g/mol. The number of halogens is 2. The predicted molar refractivity (Wildman–Crippen MR) is 127 cm³/mol. The Hall–Kier alpha value is -1.00. The van der Waals surface area contributed by atoms with E-state index in [1.807, 2.05) is 0 Å². The van der Waals surface area contributed by atoms with Gasteiger partial charge in [0.2, 0.25) is 0 Å². The fourth-order valence-electron chi connectivity index (χ4n) is 3.51. The molecular formula is C23H32Br2N2. The number of benzene rings is 2. The van der Waals surface area contributed by atoms with E-state index in [1.165, 1.54) is 47.9 Å². The monoisotopic (exact) mass is 494 g/mol. The lowest BCUT2D eigenvalue weighted by atomic mass is 9.92. The van der Waals surface area contributed by atoms with Crippen molar-refractivity contribution < 1.29 is 0 Å². The number of hydrogen-bond donors (Lipinski definition) is 2. The molecule has 2 aromatic rings. The molecule has 0 aliphatic rings. The molecule has 0 aromatic heterocycles. The zero-order valence-electron chi connectivity index (χ0n) is 17.0. The first-order valence-electron chi connectivity index (χ1n) is 9.94. The summed E-state index contributed by atoms with van der Waals surface area (Å²) in [7, 11) is 0. The largest absolute Gasteiger partial charge is 0.398 e. The summed E-state index contributed by atoms with van der Waals surface area (Å²) in [5.74, 6) is 0. The van der Waals surface area contributed by atoms with Crippen LogP contribution < -0.4 is 11.5 Å². The molecule has 2 rings (SSSR count). The van der Waals surface area contributed by atoms with E-state index in [0.717, 1.165) is 50.7 Å². The van der Waals surface area contributed by atoms with Gasteiger partial charge in [-0.2, -0.15) is 0 Å². The minimum atomic E-state index is 0.758.